The number of methoxy groups -OCH3 is 1. The van der Waals surface area contributed by atoms with Crippen molar-refractivity contribution < 1.29 is 4.74 Å². The Kier molecular flexibility index (Phi) is 4.84. The van der Waals surface area contributed by atoms with Crippen LogP contribution < -0.4 is 5.32 Å². The van der Waals surface area contributed by atoms with Gasteiger partial charge in [0.05, 0.1) is 11.6 Å². The number of fused-ring (bicyclic) bond motifs is 1. The van der Waals surface area contributed by atoms with Gasteiger partial charge in [0.2, 0.25) is 0 Å². The van der Waals surface area contributed by atoms with Crippen molar-refractivity contribution in [3.63, 3.8) is 0 Å². The first kappa shape index (κ1) is 14.5. The molecule has 0 aliphatic heterocycles. The lowest BCUT2D eigenvalue weighted by Gasteiger charge is -2.28. The monoisotopic (exact) mass is 284 g/mol. The summed E-state index contributed by atoms with van der Waals surface area (Å²) in [5.41, 5.74) is 2.48. The number of rotatable bonds is 5. The van der Waals surface area contributed by atoms with Crippen molar-refractivity contribution >= 4 is 10.9 Å². The summed E-state index contributed by atoms with van der Waals surface area (Å²) in [7, 11) is 1.83. The van der Waals surface area contributed by atoms with Crippen molar-refractivity contribution in [1.82, 2.24) is 10.3 Å². The van der Waals surface area contributed by atoms with Crippen LogP contribution in [0.2, 0.25) is 0 Å². The summed E-state index contributed by atoms with van der Waals surface area (Å²) in [5, 5.41) is 4.93. The fourth-order valence-electron chi connectivity index (χ4n) is 3.28. The third-order valence-electron chi connectivity index (χ3n) is 4.55. The highest BCUT2D eigenvalue weighted by Crippen LogP contribution is 2.21. The minimum Gasteiger partial charge on any atom is -0.381 e. The van der Waals surface area contributed by atoms with Gasteiger partial charge in [0.25, 0.3) is 0 Å². The second-order valence-corrected chi connectivity index (χ2v) is 5.91. The molecule has 0 bridgehead atoms. The number of hydrogen-bond donors (Lipinski definition) is 1. The lowest BCUT2D eigenvalue weighted by molar-refractivity contribution is 0.0626. The van der Waals surface area contributed by atoms with Crippen LogP contribution in [0, 0.1) is 0 Å². The zero-order valence-corrected chi connectivity index (χ0v) is 12.7. The quantitative estimate of drug-likeness (QED) is 0.914. The Morgan fingerprint density at radius 2 is 1.95 bits per heavy atom. The van der Waals surface area contributed by atoms with Gasteiger partial charge in [-0.05, 0) is 50.3 Å². The Balaban J connectivity index is 1.53. The van der Waals surface area contributed by atoms with Crippen LogP contribution in [0.4, 0.5) is 0 Å². The SMILES string of the molecule is COC1CCC(NCCc2cccc3cccnc23)CC1. The highest BCUT2D eigenvalue weighted by molar-refractivity contribution is 5.81. The van der Waals surface area contributed by atoms with E-state index >= 15 is 0 Å². The number of benzene rings is 1. The first-order valence-corrected chi connectivity index (χ1v) is 7.95. The Morgan fingerprint density at radius 1 is 1.14 bits per heavy atom. The van der Waals surface area contributed by atoms with Crippen molar-refractivity contribution in [3.8, 4) is 0 Å². The predicted molar refractivity (Wildman–Crippen MR) is 86.5 cm³/mol. The second kappa shape index (κ2) is 7.01. The molecule has 1 aliphatic rings. The zero-order chi connectivity index (χ0) is 14.5. The van der Waals surface area contributed by atoms with Gasteiger partial charge in [0.15, 0.2) is 0 Å². The van der Waals surface area contributed by atoms with E-state index in [1.165, 1.54) is 36.6 Å². The van der Waals surface area contributed by atoms with Crippen LogP contribution in [-0.4, -0.2) is 30.8 Å². The first-order chi connectivity index (χ1) is 10.4. The van der Waals surface area contributed by atoms with Crippen LogP contribution in [-0.2, 0) is 11.2 Å². The van der Waals surface area contributed by atoms with Gasteiger partial charge in [-0.25, -0.2) is 0 Å². The molecule has 2 aromatic rings. The van der Waals surface area contributed by atoms with E-state index in [0.717, 1.165) is 18.5 Å². The molecule has 1 N–H and O–H groups in total. The molecule has 3 heteroatoms. The number of pyridine rings is 1. The van der Waals surface area contributed by atoms with Gasteiger partial charge in [-0.15, -0.1) is 0 Å². The van der Waals surface area contributed by atoms with Crippen LogP contribution >= 0.6 is 0 Å². The molecule has 0 atom stereocenters. The second-order valence-electron chi connectivity index (χ2n) is 5.91. The Morgan fingerprint density at radius 3 is 2.76 bits per heavy atom. The van der Waals surface area contributed by atoms with Gasteiger partial charge in [-0.3, -0.25) is 4.98 Å². The topological polar surface area (TPSA) is 34.1 Å². The lowest BCUT2D eigenvalue weighted by atomic mass is 9.93. The molecule has 0 saturated heterocycles. The summed E-state index contributed by atoms with van der Waals surface area (Å²) in [6, 6.07) is 11.2. The van der Waals surface area contributed by atoms with Crippen LogP contribution in [0.15, 0.2) is 36.5 Å². The van der Waals surface area contributed by atoms with Gasteiger partial charge in [-0.1, -0.05) is 24.3 Å². The van der Waals surface area contributed by atoms with Gasteiger partial charge in [-0.2, -0.15) is 0 Å². The molecular formula is C18H24N2O. The van der Waals surface area contributed by atoms with Crippen LogP contribution in [0.5, 0.6) is 0 Å². The van der Waals surface area contributed by atoms with E-state index in [1.807, 2.05) is 19.4 Å². The highest BCUT2D eigenvalue weighted by atomic mass is 16.5. The minimum absolute atomic E-state index is 0.477. The zero-order valence-electron chi connectivity index (χ0n) is 12.7. The number of ether oxygens (including phenoxy) is 1. The molecule has 0 amide bonds. The molecule has 3 nitrogen and oxygen atoms in total. The third kappa shape index (κ3) is 3.60. The molecule has 1 aromatic carbocycles. The Hall–Kier alpha value is -1.45. The predicted octanol–water partition coefficient (Wildman–Crippen LogP) is 3.32. The molecule has 0 unspecified atom stereocenters. The number of para-hydroxylation sites is 1. The molecule has 1 heterocycles. The normalized spacial score (nSPS) is 22.5. The maximum atomic E-state index is 5.43. The minimum atomic E-state index is 0.477. The molecule has 1 saturated carbocycles. The molecule has 112 valence electrons. The third-order valence-corrected chi connectivity index (χ3v) is 4.55. The summed E-state index contributed by atoms with van der Waals surface area (Å²) >= 11 is 0. The summed E-state index contributed by atoms with van der Waals surface area (Å²) in [6.45, 7) is 1.03. The van der Waals surface area contributed by atoms with E-state index in [0.29, 0.717) is 12.1 Å². The van der Waals surface area contributed by atoms with Crippen molar-refractivity contribution in [2.45, 2.75) is 44.2 Å². The highest BCUT2D eigenvalue weighted by Gasteiger charge is 2.19. The Bertz CT molecular complexity index is 571. The Labute approximate surface area is 126 Å². The van der Waals surface area contributed by atoms with Crippen LogP contribution in [0.1, 0.15) is 31.2 Å². The maximum Gasteiger partial charge on any atom is 0.0734 e. The van der Waals surface area contributed by atoms with Crippen molar-refractivity contribution in [3.05, 3.63) is 42.1 Å². The van der Waals surface area contributed by atoms with E-state index in [4.69, 9.17) is 4.74 Å². The number of aromatic nitrogens is 1. The molecule has 21 heavy (non-hydrogen) atoms. The van der Waals surface area contributed by atoms with E-state index in [-0.39, 0.29) is 0 Å². The van der Waals surface area contributed by atoms with E-state index in [1.54, 1.807) is 0 Å². The lowest BCUT2D eigenvalue weighted by Crippen LogP contribution is -2.36. The van der Waals surface area contributed by atoms with E-state index in [2.05, 4.69) is 34.6 Å². The number of nitrogens with zero attached hydrogens (tertiary/aromatic N) is 1. The van der Waals surface area contributed by atoms with Crippen LogP contribution in [0.3, 0.4) is 0 Å². The van der Waals surface area contributed by atoms with Crippen LogP contribution in [0.25, 0.3) is 10.9 Å². The molecule has 1 aromatic heterocycles. The maximum absolute atomic E-state index is 5.43. The average molecular weight is 284 g/mol. The van der Waals surface area contributed by atoms with Gasteiger partial charge < -0.3 is 10.1 Å². The molecule has 0 spiro atoms. The summed E-state index contributed by atoms with van der Waals surface area (Å²) in [5.74, 6) is 0. The van der Waals surface area contributed by atoms with Crippen molar-refractivity contribution in [2.75, 3.05) is 13.7 Å². The largest absolute Gasteiger partial charge is 0.381 e. The first-order valence-electron chi connectivity index (χ1n) is 7.95. The van der Waals surface area contributed by atoms with E-state index in [9.17, 15) is 0 Å². The van der Waals surface area contributed by atoms with Crippen molar-refractivity contribution in [2.24, 2.45) is 0 Å². The molecule has 1 aliphatic carbocycles. The number of nitrogens with one attached hydrogen (secondary N) is 1. The molecule has 1 fully saturated rings. The summed E-state index contributed by atoms with van der Waals surface area (Å²) in [6.07, 6.45) is 8.22. The fraction of sp³-hybridized carbons (Fsp3) is 0.500. The molecule has 0 radical (unpaired) electrons. The smallest absolute Gasteiger partial charge is 0.0734 e. The standard InChI is InChI=1S/C18H24N2O/c1-21-17-9-7-16(8-10-17)19-13-11-15-5-2-4-14-6-3-12-20-18(14)15/h2-6,12,16-17,19H,7-11,13H2,1H3. The van der Waals surface area contributed by atoms with Crippen molar-refractivity contribution in [1.29, 1.82) is 0 Å². The summed E-state index contributed by atoms with van der Waals surface area (Å²) < 4.78 is 5.43. The van der Waals surface area contributed by atoms with Gasteiger partial charge in [0, 0.05) is 24.7 Å². The van der Waals surface area contributed by atoms with Gasteiger partial charge in [0.1, 0.15) is 0 Å². The van der Waals surface area contributed by atoms with E-state index < -0.39 is 0 Å². The molecule has 3 rings (SSSR count). The van der Waals surface area contributed by atoms with Gasteiger partial charge >= 0.3 is 0 Å². The number of hydrogen-bond acceptors (Lipinski definition) is 3. The molecular weight excluding hydrogens is 260 g/mol. The fourth-order valence-corrected chi connectivity index (χ4v) is 3.28. The summed E-state index contributed by atoms with van der Waals surface area (Å²) in [4.78, 5) is 4.52. The average Bonchev–Trinajstić information content (AvgIpc) is 2.56.